The van der Waals surface area contributed by atoms with Crippen molar-refractivity contribution in [2.75, 3.05) is 17.3 Å². The number of nitrogens with one attached hydrogen (secondary N) is 1. The number of hydrogen-bond acceptors (Lipinski definition) is 4. The zero-order valence-corrected chi connectivity index (χ0v) is 20.0. The van der Waals surface area contributed by atoms with Crippen molar-refractivity contribution in [1.82, 2.24) is 0 Å². The third-order valence-corrected chi connectivity index (χ3v) is 6.17. The molecular weight excluding hydrogens is 436 g/mol. The average molecular weight is 461 g/mol. The predicted octanol–water partition coefficient (Wildman–Crippen LogP) is 5.98. The number of methoxy groups -OCH3 is 1. The van der Waals surface area contributed by atoms with E-state index in [-0.39, 0.29) is 5.70 Å². The summed E-state index contributed by atoms with van der Waals surface area (Å²) >= 11 is 6.31. The molecule has 0 saturated heterocycles. The minimum absolute atomic E-state index is 0.201. The second kappa shape index (κ2) is 8.75. The molecule has 2 amide bonds. The summed E-state index contributed by atoms with van der Waals surface area (Å²) < 4.78 is 5.48. The molecule has 0 unspecified atom stereocenters. The summed E-state index contributed by atoms with van der Waals surface area (Å²) in [6.45, 7) is 7.75. The number of nitrogens with zero attached hydrogens (tertiary/aromatic N) is 1. The van der Waals surface area contributed by atoms with Gasteiger partial charge in [0.1, 0.15) is 11.4 Å². The van der Waals surface area contributed by atoms with E-state index in [1.165, 1.54) is 4.90 Å². The van der Waals surface area contributed by atoms with Crippen molar-refractivity contribution < 1.29 is 14.3 Å². The first-order chi connectivity index (χ1) is 15.7. The van der Waals surface area contributed by atoms with Crippen LogP contribution in [0.4, 0.5) is 11.4 Å². The van der Waals surface area contributed by atoms with Crippen LogP contribution in [0.3, 0.4) is 0 Å². The Morgan fingerprint density at radius 3 is 2.18 bits per heavy atom. The summed E-state index contributed by atoms with van der Waals surface area (Å²) in [7, 11) is 1.57. The van der Waals surface area contributed by atoms with E-state index >= 15 is 0 Å². The van der Waals surface area contributed by atoms with Crippen LogP contribution in [0.25, 0.3) is 5.57 Å². The minimum atomic E-state index is -0.446. The van der Waals surface area contributed by atoms with Crippen LogP contribution >= 0.6 is 11.6 Å². The second-order valence-corrected chi connectivity index (χ2v) is 8.68. The van der Waals surface area contributed by atoms with Gasteiger partial charge in [-0.05, 0) is 74.2 Å². The highest BCUT2D eigenvalue weighted by molar-refractivity contribution is 6.46. The molecule has 1 aliphatic rings. The number of amides is 2. The quantitative estimate of drug-likeness (QED) is 0.476. The van der Waals surface area contributed by atoms with Crippen LogP contribution in [0.1, 0.15) is 27.8 Å². The summed E-state index contributed by atoms with van der Waals surface area (Å²) in [6.07, 6.45) is 0. The predicted molar refractivity (Wildman–Crippen MR) is 133 cm³/mol. The molecule has 4 rings (SSSR count). The number of aryl methyl sites for hydroxylation is 4. The highest BCUT2D eigenvalue weighted by atomic mass is 35.5. The molecule has 3 aromatic carbocycles. The fraction of sp³-hybridized carbons (Fsp3) is 0.185. The van der Waals surface area contributed by atoms with E-state index in [9.17, 15) is 9.59 Å². The standard InChI is InChI=1S/C27H25ClN2O3/c1-15-6-10-20(18(4)12-15)24-25(29-22-13-16(2)7-11-23(22)33-5)27(32)30(26(24)31)19-9-8-17(3)21(28)14-19/h6-14,29H,1-5H3. The lowest BCUT2D eigenvalue weighted by Gasteiger charge is -2.17. The van der Waals surface area contributed by atoms with Crippen molar-refractivity contribution >= 4 is 40.4 Å². The maximum atomic E-state index is 13.7. The number of anilines is 2. The molecule has 168 valence electrons. The van der Waals surface area contributed by atoms with Crippen molar-refractivity contribution in [3.8, 4) is 5.75 Å². The highest BCUT2D eigenvalue weighted by Crippen LogP contribution is 2.38. The number of imide groups is 1. The van der Waals surface area contributed by atoms with E-state index in [1.54, 1.807) is 25.3 Å². The molecule has 6 heteroatoms. The van der Waals surface area contributed by atoms with E-state index in [0.29, 0.717) is 33.3 Å². The molecule has 1 heterocycles. The first kappa shape index (κ1) is 22.6. The Balaban J connectivity index is 1.90. The molecule has 0 saturated carbocycles. The van der Waals surface area contributed by atoms with Crippen molar-refractivity contribution in [2.45, 2.75) is 27.7 Å². The van der Waals surface area contributed by atoms with Crippen LogP contribution < -0.4 is 15.0 Å². The highest BCUT2D eigenvalue weighted by Gasteiger charge is 2.41. The SMILES string of the molecule is COc1ccc(C)cc1NC1=C(c2ccc(C)cc2C)C(=O)N(c2ccc(C)c(Cl)c2)C1=O. The Hall–Kier alpha value is -3.57. The van der Waals surface area contributed by atoms with Gasteiger partial charge in [0.25, 0.3) is 11.8 Å². The number of ether oxygens (including phenoxy) is 1. The van der Waals surface area contributed by atoms with Gasteiger partial charge in [0, 0.05) is 5.02 Å². The fourth-order valence-electron chi connectivity index (χ4n) is 4.00. The lowest BCUT2D eigenvalue weighted by molar-refractivity contribution is -0.120. The zero-order chi connectivity index (χ0) is 23.9. The molecule has 0 radical (unpaired) electrons. The monoisotopic (exact) mass is 460 g/mol. The van der Waals surface area contributed by atoms with Crippen LogP contribution in [0.15, 0.2) is 60.3 Å². The number of hydrogen-bond donors (Lipinski definition) is 1. The molecule has 0 fully saturated rings. The summed E-state index contributed by atoms with van der Waals surface area (Å²) in [5.41, 5.74) is 6.10. The van der Waals surface area contributed by atoms with Gasteiger partial charge in [-0.25, -0.2) is 4.90 Å². The van der Waals surface area contributed by atoms with E-state index in [1.807, 2.05) is 64.1 Å². The summed E-state index contributed by atoms with van der Waals surface area (Å²) in [5.74, 6) is -0.274. The minimum Gasteiger partial charge on any atom is -0.495 e. The fourth-order valence-corrected chi connectivity index (χ4v) is 4.17. The molecule has 3 aromatic rings. The normalized spacial score (nSPS) is 13.7. The zero-order valence-electron chi connectivity index (χ0n) is 19.2. The van der Waals surface area contributed by atoms with Crippen molar-refractivity contribution in [1.29, 1.82) is 0 Å². The van der Waals surface area contributed by atoms with Gasteiger partial charge in [0.05, 0.1) is 24.1 Å². The van der Waals surface area contributed by atoms with E-state index in [2.05, 4.69) is 5.32 Å². The van der Waals surface area contributed by atoms with E-state index in [4.69, 9.17) is 16.3 Å². The molecule has 33 heavy (non-hydrogen) atoms. The Labute approximate surface area is 198 Å². The van der Waals surface area contributed by atoms with Crippen molar-refractivity contribution in [2.24, 2.45) is 0 Å². The summed E-state index contributed by atoms with van der Waals surface area (Å²) in [4.78, 5) is 28.5. The van der Waals surface area contributed by atoms with Crippen LogP contribution in [-0.2, 0) is 9.59 Å². The van der Waals surface area contributed by atoms with Crippen molar-refractivity contribution in [3.63, 3.8) is 0 Å². The molecule has 0 aliphatic carbocycles. The molecule has 1 N–H and O–H groups in total. The maximum absolute atomic E-state index is 13.7. The smallest absolute Gasteiger partial charge is 0.282 e. The topological polar surface area (TPSA) is 58.6 Å². The number of rotatable bonds is 5. The van der Waals surface area contributed by atoms with Gasteiger partial charge in [-0.3, -0.25) is 9.59 Å². The van der Waals surface area contributed by atoms with Gasteiger partial charge in [0.15, 0.2) is 0 Å². The van der Waals surface area contributed by atoms with Crippen LogP contribution in [0.2, 0.25) is 5.02 Å². The molecular formula is C27H25ClN2O3. The van der Waals surface area contributed by atoms with Gasteiger partial charge in [0.2, 0.25) is 0 Å². The Morgan fingerprint density at radius 2 is 1.52 bits per heavy atom. The van der Waals surface area contributed by atoms with Gasteiger partial charge in [-0.2, -0.15) is 0 Å². The van der Waals surface area contributed by atoms with Crippen molar-refractivity contribution in [3.05, 3.63) is 93.1 Å². The van der Waals surface area contributed by atoms with Gasteiger partial charge in [-0.1, -0.05) is 47.5 Å². The summed E-state index contributed by atoms with van der Waals surface area (Å²) in [6, 6.07) is 16.6. The average Bonchev–Trinajstić information content (AvgIpc) is 3.00. The maximum Gasteiger partial charge on any atom is 0.282 e. The Bertz CT molecular complexity index is 1330. The van der Waals surface area contributed by atoms with Crippen LogP contribution in [-0.4, -0.2) is 18.9 Å². The molecule has 0 atom stereocenters. The first-order valence-corrected chi connectivity index (χ1v) is 11.0. The van der Waals surface area contributed by atoms with E-state index in [0.717, 1.165) is 22.3 Å². The molecule has 0 aromatic heterocycles. The molecule has 0 bridgehead atoms. The first-order valence-electron chi connectivity index (χ1n) is 10.6. The number of benzene rings is 3. The number of carbonyl (C=O) groups excluding carboxylic acids is 2. The number of halogens is 1. The van der Waals surface area contributed by atoms with Gasteiger partial charge < -0.3 is 10.1 Å². The van der Waals surface area contributed by atoms with Crippen LogP contribution in [0, 0.1) is 27.7 Å². The van der Waals surface area contributed by atoms with Gasteiger partial charge in [-0.15, -0.1) is 0 Å². The summed E-state index contributed by atoms with van der Waals surface area (Å²) in [5, 5.41) is 3.70. The lowest BCUT2D eigenvalue weighted by atomic mass is 9.97. The van der Waals surface area contributed by atoms with Gasteiger partial charge >= 0.3 is 0 Å². The Morgan fingerprint density at radius 1 is 0.818 bits per heavy atom. The van der Waals surface area contributed by atoms with Crippen LogP contribution in [0.5, 0.6) is 5.75 Å². The Kier molecular flexibility index (Phi) is 6.00. The molecule has 5 nitrogen and oxygen atoms in total. The third kappa shape index (κ3) is 4.12. The van der Waals surface area contributed by atoms with E-state index < -0.39 is 11.8 Å². The lowest BCUT2D eigenvalue weighted by Crippen LogP contribution is -2.32. The largest absolute Gasteiger partial charge is 0.495 e. The molecule has 0 spiro atoms. The number of carbonyl (C=O) groups is 2. The molecule has 1 aliphatic heterocycles. The second-order valence-electron chi connectivity index (χ2n) is 8.28. The third-order valence-electron chi connectivity index (χ3n) is 5.76.